The molecule has 0 heterocycles. The summed E-state index contributed by atoms with van der Waals surface area (Å²) in [6.45, 7) is 4.30. The summed E-state index contributed by atoms with van der Waals surface area (Å²) < 4.78 is 6.34. The highest BCUT2D eigenvalue weighted by Gasteiger charge is 2.15. The van der Waals surface area contributed by atoms with Crippen LogP contribution < -0.4 is 0 Å². The first-order valence-electron chi connectivity index (χ1n) is 9.52. The number of hydrogen-bond donors (Lipinski definition) is 1. The van der Waals surface area contributed by atoms with Crippen molar-refractivity contribution in [3.63, 3.8) is 0 Å². The first-order chi connectivity index (χ1) is 10.5. The standard InChI is InChI=1S/C19H42NO2/c1-5-6-7-8-9-10-11-12-13-14-15-16-22-18-19(21)17-20(2,3)4/h19,21H,5-18H2,1-4H3/q+1. The molecule has 134 valence electrons. The van der Waals surface area contributed by atoms with Crippen LogP contribution in [0.5, 0.6) is 0 Å². The van der Waals surface area contributed by atoms with Gasteiger partial charge in [0.05, 0.1) is 27.7 Å². The normalized spacial score (nSPS) is 13.5. The number of hydrogen-bond acceptors (Lipinski definition) is 2. The van der Waals surface area contributed by atoms with Crippen LogP contribution in [0.1, 0.15) is 77.6 Å². The maximum Gasteiger partial charge on any atom is 0.126 e. The number of quaternary nitrogens is 1. The first-order valence-corrected chi connectivity index (χ1v) is 9.52. The number of nitrogens with zero attached hydrogens (tertiary/aromatic N) is 1. The van der Waals surface area contributed by atoms with Gasteiger partial charge in [-0.05, 0) is 6.42 Å². The van der Waals surface area contributed by atoms with E-state index in [1.54, 1.807) is 0 Å². The zero-order valence-corrected chi connectivity index (χ0v) is 15.8. The van der Waals surface area contributed by atoms with Crippen molar-refractivity contribution >= 4 is 0 Å². The van der Waals surface area contributed by atoms with Gasteiger partial charge in [-0.15, -0.1) is 0 Å². The third-order valence-corrected chi connectivity index (χ3v) is 3.96. The van der Waals surface area contributed by atoms with Gasteiger partial charge in [0, 0.05) is 6.61 Å². The largest absolute Gasteiger partial charge is 0.385 e. The van der Waals surface area contributed by atoms with E-state index in [-0.39, 0.29) is 6.10 Å². The van der Waals surface area contributed by atoms with Crippen LogP contribution in [-0.4, -0.2) is 56.6 Å². The molecule has 0 bridgehead atoms. The Kier molecular flexibility index (Phi) is 14.4. The van der Waals surface area contributed by atoms with Gasteiger partial charge in [0.15, 0.2) is 0 Å². The Balaban J connectivity index is 3.14. The van der Waals surface area contributed by atoms with Crippen molar-refractivity contribution in [2.45, 2.75) is 83.7 Å². The number of unbranched alkanes of at least 4 members (excludes halogenated alkanes) is 10. The van der Waals surface area contributed by atoms with Crippen LogP contribution >= 0.6 is 0 Å². The average Bonchev–Trinajstić information content (AvgIpc) is 2.42. The molecule has 0 saturated carbocycles. The average molecular weight is 317 g/mol. The minimum Gasteiger partial charge on any atom is -0.385 e. The lowest BCUT2D eigenvalue weighted by molar-refractivity contribution is -0.873. The van der Waals surface area contributed by atoms with E-state index < -0.39 is 0 Å². The first kappa shape index (κ1) is 21.9. The molecule has 0 saturated heterocycles. The molecule has 0 aromatic carbocycles. The summed E-state index contributed by atoms with van der Waals surface area (Å²) >= 11 is 0. The fourth-order valence-corrected chi connectivity index (χ4v) is 2.77. The van der Waals surface area contributed by atoms with Crippen molar-refractivity contribution in [3.8, 4) is 0 Å². The predicted molar refractivity (Wildman–Crippen MR) is 96.2 cm³/mol. The van der Waals surface area contributed by atoms with E-state index in [1.807, 2.05) is 0 Å². The molecular weight excluding hydrogens is 274 g/mol. The van der Waals surface area contributed by atoms with Gasteiger partial charge >= 0.3 is 0 Å². The van der Waals surface area contributed by atoms with E-state index in [4.69, 9.17) is 4.74 Å². The lowest BCUT2D eigenvalue weighted by Crippen LogP contribution is -2.43. The molecule has 0 aliphatic carbocycles. The van der Waals surface area contributed by atoms with Crippen LogP contribution in [0.2, 0.25) is 0 Å². The van der Waals surface area contributed by atoms with Crippen molar-refractivity contribution < 1.29 is 14.3 Å². The minimum absolute atomic E-state index is 0.340. The smallest absolute Gasteiger partial charge is 0.126 e. The molecule has 3 heteroatoms. The molecule has 0 radical (unpaired) electrons. The van der Waals surface area contributed by atoms with Crippen LogP contribution in [0.3, 0.4) is 0 Å². The summed E-state index contributed by atoms with van der Waals surface area (Å²) in [6.07, 6.45) is 14.6. The van der Waals surface area contributed by atoms with Crippen LogP contribution in [0.4, 0.5) is 0 Å². The Bertz CT molecular complexity index is 226. The van der Waals surface area contributed by atoms with Crippen molar-refractivity contribution in [1.82, 2.24) is 0 Å². The summed E-state index contributed by atoms with van der Waals surface area (Å²) in [7, 11) is 6.27. The Morgan fingerprint density at radius 3 is 1.68 bits per heavy atom. The van der Waals surface area contributed by atoms with E-state index in [0.717, 1.165) is 24.1 Å². The van der Waals surface area contributed by atoms with Crippen LogP contribution in [0, 0.1) is 0 Å². The van der Waals surface area contributed by atoms with Gasteiger partial charge in [-0.1, -0.05) is 71.1 Å². The maximum absolute atomic E-state index is 9.82. The van der Waals surface area contributed by atoms with Crippen molar-refractivity contribution in [1.29, 1.82) is 0 Å². The Hall–Kier alpha value is -0.120. The molecule has 0 aliphatic heterocycles. The Morgan fingerprint density at radius 1 is 0.773 bits per heavy atom. The second-order valence-corrected chi connectivity index (χ2v) is 7.74. The molecule has 0 aliphatic rings. The summed E-state index contributed by atoms with van der Waals surface area (Å²) in [5.41, 5.74) is 0. The van der Waals surface area contributed by atoms with Gasteiger partial charge in [0.1, 0.15) is 12.6 Å². The highest BCUT2D eigenvalue weighted by Crippen LogP contribution is 2.11. The van der Waals surface area contributed by atoms with Gasteiger partial charge in [0.25, 0.3) is 0 Å². The van der Waals surface area contributed by atoms with Gasteiger partial charge < -0.3 is 14.3 Å². The van der Waals surface area contributed by atoms with Crippen molar-refractivity contribution in [2.75, 3.05) is 40.9 Å². The van der Waals surface area contributed by atoms with Crippen molar-refractivity contribution in [2.24, 2.45) is 0 Å². The number of rotatable bonds is 16. The molecule has 0 amide bonds. The SMILES string of the molecule is CCCCCCCCCCCCCOCC(O)C[N+](C)(C)C. The number of aliphatic hydroxyl groups is 1. The van der Waals surface area contributed by atoms with Crippen LogP contribution in [0.15, 0.2) is 0 Å². The monoisotopic (exact) mass is 316 g/mol. The number of aliphatic hydroxyl groups excluding tert-OH is 1. The molecule has 0 spiro atoms. The van der Waals surface area contributed by atoms with E-state index >= 15 is 0 Å². The van der Waals surface area contributed by atoms with Gasteiger partial charge in [-0.25, -0.2) is 0 Å². The number of ether oxygens (including phenoxy) is 1. The van der Waals surface area contributed by atoms with Crippen LogP contribution in [-0.2, 0) is 4.74 Å². The van der Waals surface area contributed by atoms with E-state index in [1.165, 1.54) is 64.2 Å². The Labute approximate surface area is 139 Å². The molecule has 0 aromatic heterocycles. The molecule has 22 heavy (non-hydrogen) atoms. The molecule has 0 rings (SSSR count). The van der Waals surface area contributed by atoms with E-state index in [9.17, 15) is 5.11 Å². The highest BCUT2D eigenvalue weighted by molar-refractivity contribution is 4.52. The van der Waals surface area contributed by atoms with Crippen LogP contribution in [0.25, 0.3) is 0 Å². The molecule has 0 fully saturated rings. The summed E-state index contributed by atoms with van der Waals surface area (Å²) in [5, 5.41) is 9.82. The highest BCUT2D eigenvalue weighted by atomic mass is 16.5. The predicted octanol–water partition coefficient (Wildman–Crippen LogP) is 4.38. The number of likely N-dealkylation sites (N-methyl/N-ethyl adjacent to an activating group) is 1. The molecular formula is C19H42NO2+. The third kappa shape index (κ3) is 17.9. The van der Waals surface area contributed by atoms with E-state index in [2.05, 4.69) is 28.1 Å². The third-order valence-electron chi connectivity index (χ3n) is 3.96. The zero-order chi connectivity index (χ0) is 16.7. The fourth-order valence-electron chi connectivity index (χ4n) is 2.77. The zero-order valence-electron chi connectivity index (χ0n) is 15.8. The summed E-state index contributed by atoms with van der Waals surface area (Å²) in [4.78, 5) is 0. The summed E-state index contributed by atoms with van der Waals surface area (Å²) in [6, 6.07) is 0. The Morgan fingerprint density at radius 2 is 1.23 bits per heavy atom. The van der Waals surface area contributed by atoms with Gasteiger partial charge in [-0.3, -0.25) is 0 Å². The molecule has 3 nitrogen and oxygen atoms in total. The second kappa shape index (κ2) is 14.5. The molecule has 1 N–H and O–H groups in total. The summed E-state index contributed by atoms with van der Waals surface area (Å²) in [5.74, 6) is 0. The minimum atomic E-state index is -0.340. The maximum atomic E-state index is 9.82. The lowest BCUT2D eigenvalue weighted by Gasteiger charge is -2.26. The fraction of sp³-hybridized carbons (Fsp3) is 1.00. The molecule has 1 atom stereocenters. The molecule has 1 unspecified atom stereocenters. The van der Waals surface area contributed by atoms with Crippen molar-refractivity contribution in [3.05, 3.63) is 0 Å². The second-order valence-electron chi connectivity index (χ2n) is 7.74. The van der Waals surface area contributed by atoms with E-state index in [0.29, 0.717) is 6.61 Å². The topological polar surface area (TPSA) is 29.5 Å². The van der Waals surface area contributed by atoms with Gasteiger partial charge in [-0.2, -0.15) is 0 Å². The lowest BCUT2D eigenvalue weighted by atomic mass is 10.1. The van der Waals surface area contributed by atoms with Gasteiger partial charge in [0.2, 0.25) is 0 Å². The molecule has 0 aromatic rings. The quantitative estimate of drug-likeness (QED) is 0.338.